The molecule has 1 aromatic carbocycles. The first-order chi connectivity index (χ1) is 12.3. The van der Waals surface area contributed by atoms with Crippen molar-refractivity contribution in [3.8, 4) is 11.8 Å². The average Bonchev–Trinajstić information content (AvgIpc) is 2.89. The van der Waals surface area contributed by atoms with Gasteiger partial charge in [-0.1, -0.05) is 15.9 Å². The summed E-state index contributed by atoms with van der Waals surface area (Å²) in [5.74, 6) is -0.495. The lowest BCUT2D eigenvalue weighted by atomic mass is 10.1. The van der Waals surface area contributed by atoms with Crippen molar-refractivity contribution in [1.82, 2.24) is 0 Å². The van der Waals surface area contributed by atoms with Crippen molar-refractivity contribution < 1.29 is 19.1 Å². The van der Waals surface area contributed by atoms with Gasteiger partial charge in [-0.2, -0.15) is 5.26 Å². The fourth-order valence-corrected chi connectivity index (χ4v) is 4.09. The van der Waals surface area contributed by atoms with Crippen molar-refractivity contribution in [1.29, 1.82) is 5.26 Å². The molecule has 0 aliphatic heterocycles. The molecule has 8 heteroatoms. The third-order valence-corrected chi connectivity index (χ3v) is 5.28. The number of nitrogens with one attached hydrogen (secondary N) is 1. The number of benzene rings is 1. The first-order valence-electron chi connectivity index (χ1n) is 7.70. The van der Waals surface area contributed by atoms with E-state index in [2.05, 4.69) is 21.2 Å². The molecule has 0 aliphatic rings. The molecule has 136 valence electrons. The van der Waals surface area contributed by atoms with E-state index in [4.69, 9.17) is 9.47 Å². The Kier molecular flexibility index (Phi) is 6.40. The molecule has 0 saturated heterocycles. The normalized spacial score (nSPS) is 10.2. The Balaban J connectivity index is 2.43. The minimum Gasteiger partial charge on any atom is -0.496 e. The predicted molar refractivity (Wildman–Crippen MR) is 103 cm³/mol. The second-order valence-electron chi connectivity index (χ2n) is 5.35. The number of carbonyl (C=O) groups is 2. The highest BCUT2D eigenvalue weighted by atomic mass is 79.9. The molecule has 1 amide bonds. The van der Waals surface area contributed by atoms with Gasteiger partial charge in [0.1, 0.15) is 21.7 Å². The van der Waals surface area contributed by atoms with Gasteiger partial charge in [-0.15, -0.1) is 11.3 Å². The second-order valence-corrected chi connectivity index (χ2v) is 7.29. The van der Waals surface area contributed by atoms with Crippen LogP contribution in [-0.4, -0.2) is 25.6 Å². The van der Waals surface area contributed by atoms with Crippen molar-refractivity contribution in [3.05, 3.63) is 43.7 Å². The zero-order chi connectivity index (χ0) is 19.4. The Morgan fingerprint density at radius 1 is 1.35 bits per heavy atom. The highest BCUT2D eigenvalue weighted by molar-refractivity contribution is 9.10. The maximum Gasteiger partial charge on any atom is 0.348 e. The highest BCUT2D eigenvalue weighted by Crippen LogP contribution is 2.35. The van der Waals surface area contributed by atoms with Gasteiger partial charge in [0.25, 0.3) is 5.91 Å². The molecule has 0 spiro atoms. The first kappa shape index (κ1) is 19.9. The quantitative estimate of drug-likeness (QED) is 0.699. The molecule has 1 heterocycles. The third-order valence-electron chi connectivity index (χ3n) is 3.63. The number of esters is 1. The number of aryl methyl sites for hydroxylation is 1. The second kappa shape index (κ2) is 8.34. The van der Waals surface area contributed by atoms with Gasteiger partial charge in [-0.05, 0) is 44.0 Å². The van der Waals surface area contributed by atoms with E-state index in [1.54, 1.807) is 19.9 Å². The van der Waals surface area contributed by atoms with Gasteiger partial charge in [0.05, 0.1) is 24.8 Å². The van der Waals surface area contributed by atoms with Crippen LogP contribution in [0, 0.1) is 25.2 Å². The van der Waals surface area contributed by atoms with Crippen LogP contribution in [0.5, 0.6) is 5.75 Å². The van der Waals surface area contributed by atoms with Gasteiger partial charge < -0.3 is 14.8 Å². The van der Waals surface area contributed by atoms with E-state index in [1.807, 2.05) is 19.1 Å². The molecule has 0 saturated carbocycles. The number of hydrogen-bond donors (Lipinski definition) is 1. The lowest BCUT2D eigenvalue weighted by molar-refractivity contribution is 0.0531. The number of nitriles is 1. The van der Waals surface area contributed by atoms with Crippen LogP contribution in [0.4, 0.5) is 5.00 Å². The number of rotatable bonds is 5. The molecule has 0 unspecified atom stereocenters. The number of halogens is 1. The van der Waals surface area contributed by atoms with Crippen LogP contribution in [0.15, 0.2) is 16.6 Å². The van der Waals surface area contributed by atoms with Gasteiger partial charge in [-0.3, -0.25) is 4.79 Å². The van der Waals surface area contributed by atoms with Gasteiger partial charge >= 0.3 is 5.97 Å². The van der Waals surface area contributed by atoms with Crippen LogP contribution >= 0.6 is 27.3 Å². The minimum atomic E-state index is -0.511. The Morgan fingerprint density at radius 3 is 2.62 bits per heavy atom. The topological polar surface area (TPSA) is 88.4 Å². The van der Waals surface area contributed by atoms with Crippen LogP contribution in [0.25, 0.3) is 0 Å². The Morgan fingerprint density at radius 2 is 2.04 bits per heavy atom. The van der Waals surface area contributed by atoms with E-state index < -0.39 is 11.9 Å². The fourth-order valence-electron chi connectivity index (χ4n) is 2.47. The molecule has 6 nitrogen and oxygen atoms in total. The van der Waals surface area contributed by atoms with Gasteiger partial charge in [0.2, 0.25) is 0 Å². The Labute approximate surface area is 163 Å². The molecule has 0 fully saturated rings. The largest absolute Gasteiger partial charge is 0.496 e. The summed E-state index contributed by atoms with van der Waals surface area (Å²) in [7, 11) is 1.49. The number of thiophene rings is 1. The summed E-state index contributed by atoms with van der Waals surface area (Å²) in [4.78, 5) is 25.1. The average molecular weight is 437 g/mol. The first-order valence-corrected chi connectivity index (χ1v) is 9.31. The van der Waals surface area contributed by atoms with Crippen LogP contribution in [0.1, 0.15) is 43.6 Å². The van der Waals surface area contributed by atoms with E-state index in [9.17, 15) is 14.9 Å². The summed E-state index contributed by atoms with van der Waals surface area (Å²) < 4.78 is 11.1. The third kappa shape index (κ3) is 3.89. The molecule has 0 aliphatic carbocycles. The maximum atomic E-state index is 12.8. The number of amides is 1. The van der Waals surface area contributed by atoms with Crippen LogP contribution in [0.2, 0.25) is 0 Å². The summed E-state index contributed by atoms with van der Waals surface area (Å²) in [6, 6.07) is 5.51. The van der Waals surface area contributed by atoms with Crippen molar-refractivity contribution in [2.24, 2.45) is 0 Å². The zero-order valence-electron chi connectivity index (χ0n) is 14.7. The number of anilines is 1. The molecule has 0 bridgehead atoms. The molecular weight excluding hydrogens is 420 g/mol. The standard InChI is InChI=1S/C18H17BrN2O4S/c1-5-25-18(23)15-10(3)13(8-20)17(26-15)21-16(22)12-7-11(19)6-9(2)14(12)24-4/h6-7H,5H2,1-4H3,(H,21,22). The highest BCUT2D eigenvalue weighted by Gasteiger charge is 2.24. The lowest BCUT2D eigenvalue weighted by Crippen LogP contribution is -2.13. The number of methoxy groups -OCH3 is 1. The predicted octanol–water partition coefficient (Wildman–Crippen LogP) is 4.44. The molecule has 0 atom stereocenters. The number of carbonyl (C=O) groups excluding carboxylic acids is 2. The molecule has 0 radical (unpaired) electrons. The van der Waals surface area contributed by atoms with Crippen molar-refractivity contribution in [2.45, 2.75) is 20.8 Å². The minimum absolute atomic E-state index is 0.230. The molecule has 2 rings (SSSR count). The molecule has 26 heavy (non-hydrogen) atoms. The fraction of sp³-hybridized carbons (Fsp3) is 0.278. The van der Waals surface area contributed by atoms with E-state index in [0.717, 1.165) is 21.4 Å². The van der Waals surface area contributed by atoms with Crippen molar-refractivity contribution >= 4 is 44.1 Å². The van der Waals surface area contributed by atoms with Crippen LogP contribution in [-0.2, 0) is 4.74 Å². The van der Waals surface area contributed by atoms with E-state index in [0.29, 0.717) is 26.8 Å². The smallest absolute Gasteiger partial charge is 0.348 e. The summed E-state index contributed by atoms with van der Waals surface area (Å²) >= 11 is 4.39. The summed E-state index contributed by atoms with van der Waals surface area (Å²) in [5, 5.41) is 12.4. The summed E-state index contributed by atoms with van der Waals surface area (Å²) in [5.41, 5.74) is 1.86. The number of ether oxygens (including phenoxy) is 2. The SMILES string of the molecule is CCOC(=O)c1sc(NC(=O)c2cc(Br)cc(C)c2OC)c(C#N)c1C. The van der Waals surface area contributed by atoms with Gasteiger partial charge in [0.15, 0.2) is 0 Å². The van der Waals surface area contributed by atoms with E-state index in [-0.39, 0.29) is 12.2 Å². The zero-order valence-corrected chi connectivity index (χ0v) is 17.1. The van der Waals surface area contributed by atoms with E-state index in [1.165, 1.54) is 7.11 Å². The lowest BCUT2D eigenvalue weighted by Gasteiger charge is -2.12. The van der Waals surface area contributed by atoms with E-state index >= 15 is 0 Å². The molecular formula is C18H17BrN2O4S. The van der Waals surface area contributed by atoms with Crippen LogP contribution < -0.4 is 10.1 Å². The van der Waals surface area contributed by atoms with Crippen molar-refractivity contribution in [3.63, 3.8) is 0 Å². The Bertz CT molecular complexity index is 915. The monoisotopic (exact) mass is 436 g/mol. The van der Waals surface area contributed by atoms with Crippen molar-refractivity contribution in [2.75, 3.05) is 19.0 Å². The summed E-state index contributed by atoms with van der Waals surface area (Å²) in [6.45, 7) is 5.42. The summed E-state index contributed by atoms with van der Waals surface area (Å²) in [6.07, 6.45) is 0. The maximum absolute atomic E-state index is 12.8. The van der Waals surface area contributed by atoms with Crippen LogP contribution in [0.3, 0.4) is 0 Å². The van der Waals surface area contributed by atoms with Gasteiger partial charge in [0, 0.05) is 4.47 Å². The Hall–Kier alpha value is -2.37. The molecule has 1 N–H and O–H groups in total. The number of hydrogen-bond acceptors (Lipinski definition) is 6. The van der Waals surface area contributed by atoms with Gasteiger partial charge in [-0.25, -0.2) is 4.79 Å². The molecule has 1 aromatic heterocycles. The molecule has 2 aromatic rings. The number of nitrogens with zero attached hydrogens (tertiary/aromatic N) is 1.